The van der Waals surface area contributed by atoms with Crippen LogP contribution in [0.3, 0.4) is 0 Å². The van der Waals surface area contributed by atoms with Crippen molar-refractivity contribution in [3.8, 4) is 0 Å². The van der Waals surface area contributed by atoms with E-state index in [-0.39, 0.29) is 23.2 Å². The van der Waals surface area contributed by atoms with E-state index < -0.39 is 5.82 Å². The van der Waals surface area contributed by atoms with Crippen LogP contribution in [0.2, 0.25) is 0 Å². The molecule has 4 rings (SSSR count). The summed E-state index contributed by atoms with van der Waals surface area (Å²) in [5.74, 6) is -0.273. The summed E-state index contributed by atoms with van der Waals surface area (Å²) in [5.41, 5.74) is 0.806. The molecule has 0 radical (unpaired) electrons. The molecule has 6 nitrogen and oxygen atoms in total. The molecule has 2 aliphatic rings. The summed E-state index contributed by atoms with van der Waals surface area (Å²) < 4.78 is 19.6. The van der Waals surface area contributed by atoms with Crippen molar-refractivity contribution in [2.24, 2.45) is 0 Å². The maximum Gasteiger partial charge on any atom is 0.289 e. The molecule has 0 atom stereocenters. The molecule has 2 saturated heterocycles. The molecular weight excluding hydrogens is 361 g/mol. The molecule has 0 unspecified atom stereocenters. The Hall–Kier alpha value is -2.41. The van der Waals surface area contributed by atoms with Crippen molar-refractivity contribution in [2.75, 3.05) is 45.8 Å². The summed E-state index contributed by atoms with van der Waals surface area (Å²) in [6.07, 6.45) is 2.98. The van der Waals surface area contributed by atoms with Gasteiger partial charge < -0.3 is 14.2 Å². The number of hydrogen-bond acceptors (Lipinski definition) is 4. The van der Waals surface area contributed by atoms with E-state index in [2.05, 4.69) is 4.90 Å². The summed E-state index contributed by atoms with van der Waals surface area (Å²) >= 11 is 0. The van der Waals surface area contributed by atoms with Crippen molar-refractivity contribution in [1.29, 1.82) is 0 Å². The van der Waals surface area contributed by atoms with Crippen LogP contribution in [-0.4, -0.2) is 72.3 Å². The fraction of sp³-hybridized carbons (Fsp3) is 0.524. The highest BCUT2D eigenvalue weighted by molar-refractivity contribution is 5.99. The Morgan fingerprint density at radius 1 is 1.00 bits per heavy atom. The van der Waals surface area contributed by atoms with E-state index in [1.807, 2.05) is 4.90 Å². The SMILES string of the molecule is Cc1c(C(=O)N2CCCN(CC(=O)N3CCCC3)CC2)oc2c(F)cccc12. The maximum absolute atomic E-state index is 14.0. The van der Waals surface area contributed by atoms with Crippen molar-refractivity contribution in [3.63, 3.8) is 0 Å². The molecule has 1 aromatic heterocycles. The van der Waals surface area contributed by atoms with Crippen LogP contribution in [0, 0.1) is 12.7 Å². The normalized spacial score (nSPS) is 18.6. The van der Waals surface area contributed by atoms with Crippen LogP contribution >= 0.6 is 0 Å². The third-order valence-corrected chi connectivity index (χ3v) is 5.80. The highest BCUT2D eigenvalue weighted by atomic mass is 19.1. The van der Waals surface area contributed by atoms with Gasteiger partial charge in [-0.15, -0.1) is 0 Å². The van der Waals surface area contributed by atoms with Crippen LogP contribution in [0.4, 0.5) is 4.39 Å². The molecule has 150 valence electrons. The Morgan fingerprint density at radius 3 is 2.50 bits per heavy atom. The molecule has 2 aromatic rings. The predicted molar refractivity (Wildman–Crippen MR) is 104 cm³/mol. The lowest BCUT2D eigenvalue weighted by Crippen LogP contribution is -2.41. The molecule has 2 fully saturated rings. The standard InChI is InChI=1S/C21H26FN3O3/c1-15-16-6-4-7-17(22)20(16)28-19(15)21(27)25-11-5-8-23(12-13-25)14-18(26)24-9-2-3-10-24/h4,6-7H,2-3,5,8-14H2,1H3. The number of hydrogen-bond donors (Lipinski definition) is 0. The number of rotatable bonds is 3. The summed E-state index contributed by atoms with van der Waals surface area (Å²) in [6.45, 7) is 6.50. The van der Waals surface area contributed by atoms with E-state index in [0.717, 1.165) is 38.9 Å². The van der Waals surface area contributed by atoms with Gasteiger partial charge in [0.15, 0.2) is 17.2 Å². The number of halogens is 1. The molecule has 2 aliphatic heterocycles. The minimum atomic E-state index is -0.456. The average Bonchev–Trinajstić information content (AvgIpc) is 3.27. The fourth-order valence-corrected chi connectivity index (χ4v) is 4.15. The number of carbonyl (C=O) groups excluding carboxylic acids is 2. The molecule has 7 heteroatoms. The molecule has 28 heavy (non-hydrogen) atoms. The molecule has 3 heterocycles. The van der Waals surface area contributed by atoms with Gasteiger partial charge in [0.25, 0.3) is 5.91 Å². The van der Waals surface area contributed by atoms with E-state index in [4.69, 9.17) is 4.42 Å². The number of fused-ring (bicyclic) bond motifs is 1. The molecule has 0 N–H and O–H groups in total. The topological polar surface area (TPSA) is 57.0 Å². The zero-order valence-corrected chi connectivity index (χ0v) is 16.2. The monoisotopic (exact) mass is 387 g/mol. The first-order chi connectivity index (χ1) is 13.5. The van der Waals surface area contributed by atoms with Gasteiger partial charge in [-0.25, -0.2) is 4.39 Å². The molecule has 0 spiro atoms. The Labute approximate surface area is 163 Å². The maximum atomic E-state index is 14.0. The quantitative estimate of drug-likeness (QED) is 0.813. The Bertz CT molecular complexity index is 888. The second-order valence-corrected chi connectivity index (χ2v) is 7.68. The van der Waals surface area contributed by atoms with Gasteiger partial charge >= 0.3 is 0 Å². The third kappa shape index (κ3) is 3.63. The van der Waals surface area contributed by atoms with Gasteiger partial charge in [0, 0.05) is 50.2 Å². The molecule has 0 aliphatic carbocycles. The number of amides is 2. The van der Waals surface area contributed by atoms with Gasteiger partial charge in [-0.1, -0.05) is 12.1 Å². The minimum Gasteiger partial charge on any atom is -0.448 e. The van der Waals surface area contributed by atoms with Crippen LogP contribution in [0.15, 0.2) is 22.6 Å². The second-order valence-electron chi connectivity index (χ2n) is 7.68. The Balaban J connectivity index is 1.43. The zero-order chi connectivity index (χ0) is 19.7. The lowest BCUT2D eigenvalue weighted by molar-refractivity contribution is -0.131. The third-order valence-electron chi connectivity index (χ3n) is 5.80. The van der Waals surface area contributed by atoms with E-state index in [1.165, 1.54) is 6.07 Å². The van der Waals surface area contributed by atoms with Gasteiger partial charge in [0.2, 0.25) is 5.91 Å². The molecule has 0 bridgehead atoms. The smallest absolute Gasteiger partial charge is 0.289 e. The van der Waals surface area contributed by atoms with Crippen molar-refractivity contribution >= 4 is 22.8 Å². The van der Waals surface area contributed by atoms with Crippen LogP contribution in [-0.2, 0) is 4.79 Å². The van der Waals surface area contributed by atoms with Crippen molar-refractivity contribution in [3.05, 3.63) is 35.3 Å². The lowest BCUT2D eigenvalue weighted by atomic mass is 10.1. The van der Waals surface area contributed by atoms with Gasteiger partial charge in [-0.05, 0) is 32.3 Å². The van der Waals surface area contributed by atoms with Crippen LogP contribution in [0.25, 0.3) is 11.0 Å². The van der Waals surface area contributed by atoms with Crippen LogP contribution < -0.4 is 0 Å². The molecular formula is C21H26FN3O3. The van der Waals surface area contributed by atoms with Crippen molar-refractivity contribution < 1.29 is 18.4 Å². The molecule has 0 saturated carbocycles. The number of furan rings is 1. The number of benzene rings is 1. The van der Waals surface area contributed by atoms with Gasteiger partial charge in [0.05, 0.1) is 6.54 Å². The zero-order valence-electron chi connectivity index (χ0n) is 16.2. The summed E-state index contributed by atoms with van der Waals surface area (Å²) in [4.78, 5) is 31.2. The summed E-state index contributed by atoms with van der Waals surface area (Å²) in [7, 11) is 0. The van der Waals surface area contributed by atoms with E-state index in [0.29, 0.717) is 37.1 Å². The first-order valence-electron chi connectivity index (χ1n) is 10.0. The summed E-state index contributed by atoms with van der Waals surface area (Å²) in [5, 5.41) is 0.635. The largest absolute Gasteiger partial charge is 0.448 e. The number of nitrogens with zero attached hydrogens (tertiary/aromatic N) is 3. The fourth-order valence-electron chi connectivity index (χ4n) is 4.15. The minimum absolute atomic E-state index is 0.135. The number of para-hydroxylation sites is 1. The van der Waals surface area contributed by atoms with E-state index in [9.17, 15) is 14.0 Å². The first kappa shape index (κ1) is 18.9. The highest BCUT2D eigenvalue weighted by Crippen LogP contribution is 2.28. The Morgan fingerprint density at radius 2 is 1.75 bits per heavy atom. The van der Waals surface area contributed by atoms with Crippen LogP contribution in [0.1, 0.15) is 35.4 Å². The lowest BCUT2D eigenvalue weighted by Gasteiger charge is -2.23. The molecule has 2 amide bonds. The van der Waals surface area contributed by atoms with Gasteiger partial charge in [-0.2, -0.15) is 0 Å². The Kier molecular flexibility index (Phi) is 5.35. The summed E-state index contributed by atoms with van der Waals surface area (Å²) in [6, 6.07) is 4.72. The second kappa shape index (κ2) is 7.91. The van der Waals surface area contributed by atoms with Crippen LogP contribution in [0.5, 0.6) is 0 Å². The highest BCUT2D eigenvalue weighted by Gasteiger charge is 2.27. The predicted octanol–water partition coefficient (Wildman–Crippen LogP) is 2.65. The molecule has 1 aromatic carbocycles. The van der Waals surface area contributed by atoms with Gasteiger partial charge in [-0.3, -0.25) is 14.5 Å². The first-order valence-corrected chi connectivity index (χ1v) is 10.0. The number of aryl methyl sites for hydroxylation is 1. The van der Waals surface area contributed by atoms with Gasteiger partial charge in [0.1, 0.15) is 0 Å². The van der Waals surface area contributed by atoms with E-state index >= 15 is 0 Å². The van der Waals surface area contributed by atoms with E-state index in [1.54, 1.807) is 24.0 Å². The number of likely N-dealkylation sites (tertiary alicyclic amines) is 1. The average molecular weight is 387 g/mol. The van der Waals surface area contributed by atoms with Crippen molar-refractivity contribution in [2.45, 2.75) is 26.2 Å². The van der Waals surface area contributed by atoms with Crippen molar-refractivity contribution in [1.82, 2.24) is 14.7 Å². The number of carbonyl (C=O) groups is 2.